The Balaban J connectivity index is 2.22. The molecule has 1 heterocycles. The van der Waals surface area contributed by atoms with Crippen LogP contribution < -0.4 is 10.2 Å². The van der Waals surface area contributed by atoms with E-state index in [0.717, 1.165) is 32.7 Å². The molecule has 0 radical (unpaired) electrons. The molecule has 0 saturated carbocycles. The molecule has 1 aliphatic rings. The van der Waals surface area contributed by atoms with Crippen molar-refractivity contribution in [3.63, 3.8) is 0 Å². The molecule has 0 spiro atoms. The summed E-state index contributed by atoms with van der Waals surface area (Å²) in [6.45, 7) is 10.1. The van der Waals surface area contributed by atoms with Crippen molar-refractivity contribution in [1.29, 1.82) is 0 Å². The van der Waals surface area contributed by atoms with Crippen molar-refractivity contribution in [2.75, 3.05) is 52.9 Å². The molecule has 2 rings (SSSR count). The molecule has 1 saturated heterocycles. The number of amides is 1. The molecule has 1 aromatic carbocycles. The predicted molar refractivity (Wildman–Crippen MR) is 126 cm³/mol. The number of nitrogens with zero attached hydrogens (tertiary/aromatic N) is 3. The van der Waals surface area contributed by atoms with E-state index >= 15 is 0 Å². The summed E-state index contributed by atoms with van der Waals surface area (Å²) in [4.78, 5) is 17.1. The summed E-state index contributed by atoms with van der Waals surface area (Å²) in [5.41, 5.74) is 1.64. The molecule has 1 aromatic rings. The fourth-order valence-corrected chi connectivity index (χ4v) is 5.56. The van der Waals surface area contributed by atoms with Crippen LogP contribution in [0, 0.1) is 17.8 Å². The highest BCUT2D eigenvalue weighted by Crippen LogP contribution is 2.25. The van der Waals surface area contributed by atoms with Crippen LogP contribution in [0.3, 0.4) is 0 Å². The van der Waals surface area contributed by atoms with Crippen LogP contribution in [0.25, 0.3) is 0 Å². The molecule has 1 unspecified atom stereocenters. The third-order valence-electron chi connectivity index (χ3n) is 5.69. The van der Waals surface area contributed by atoms with Crippen LogP contribution in [-0.2, 0) is 14.8 Å². The molecule has 0 bridgehead atoms. The van der Waals surface area contributed by atoms with Crippen molar-refractivity contribution >= 4 is 15.9 Å². The summed E-state index contributed by atoms with van der Waals surface area (Å²) in [6, 6.07) is 5.03. The average Bonchev–Trinajstić information content (AvgIpc) is 2.79. The highest BCUT2D eigenvalue weighted by atomic mass is 32.2. The Morgan fingerprint density at radius 1 is 1.21 bits per heavy atom. The van der Waals surface area contributed by atoms with Gasteiger partial charge < -0.3 is 14.5 Å². The number of benzene rings is 1. The lowest BCUT2D eigenvalue weighted by Crippen LogP contribution is -2.52. The maximum atomic E-state index is 13.6. The zero-order valence-electron chi connectivity index (χ0n) is 20.0. The van der Waals surface area contributed by atoms with Crippen molar-refractivity contribution in [3.05, 3.63) is 24.3 Å². The van der Waals surface area contributed by atoms with Gasteiger partial charge in [0.15, 0.2) is 0 Å². The second kappa shape index (κ2) is 12.9. The molecule has 2 N–H and O–H groups in total. The highest BCUT2D eigenvalue weighted by molar-refractivity contribution is 7.89. The first-order chi connectivity index (χ1) is 15.7. The van der Waals surface area contributed by atoms with E-state index in [9.17, 15) is 18.4 Å². The monoisotopic (exact) mass is 480 g/mol. The van der Waals surface area contributed by atoms with Gasteiger partial charge in [0.2, 0.25) is 10.0 Å². The topological polar surface area (TPSA) is 102 Å². The molecule has 184 valence electrons. The molecule has 0 aliphatic carbocycles. The molecular formula is C23H36N4O5S. The van der Waals surface area contributed by atoms with Gasteiger partial charge in [0, 0.05) is 32.7 Å². The lowest BCUT2D eigenvalue weighted by Gasteiger charge is -2.34. The minimum atomic E-state index is -4.00. The Morgan fingerprint density at radius 3 is 2.39 bits per heavy atom. The molecule has 0 aromatic heterocycles. The maximum absolute atomic E-state index is 13.6. The van der Waals surface area contributed by atoms with Crippen LogP contribution in [0.2, 0.25) is 0 Å². The van der Waals surface area contributed by atoms with Crippen LogP contribution in [0.1, 0.15) is 27.2 Å². The number of hydrogen-bond donors (Lipinski definition) is 2. The summed E-state index contributed by atoms with van der Waals surface area (Å²) in [6.07, 6.45) is 0.571. The number of carbonyl (C=O) groups is 1. The fourth-order valence-electron chi connectivity index (χ4n) is 3.80. The largest absolute Gasteiger partial charge is 0.481 e. The Labute approximate surface area is 197 Å². The average molecular weight is 481 g/mol. The number of ether oxygens (including phenoxy) is 1. The summed E-state index contributed by atoms with van der Waals surface area (Å²) >= 11 is 0. The van der Waals surface area contributed by atoms with Gasteiger partial charge in [0.1, 0.15) is 18.4 Å². The van der Waals surface area contributed by atoms with Gasteiger partial charge in [-0.05, 0) is 57.1 Å². The van der Waals surface area contributed by atoms with Gasteiger partial charge >= 0.3 is 0 Å². The highest BCUT2D eigenvalue weighted by Gasteiger charge is 2.37. The van der Waals surface area contributed by atoms with Crippen LogP contribution in [-0.4, -0.2) is 92.6 Å². The van der Waals surface area contributed by atoms with E-state index < -0.39 is 22.0 Å². The number of rotatable bonds is 11. The third-order valence-corrected chi connectivity index (χ3v) is 7.58. The standard InChI is InChI=1S/C23H36N4O5S/c1-5-6-18-32-20-8-10-21(11-9-20)33(30,31)27(22(19(2)3)23(28)24-29)13-7-12-26-16-14-25(4)15-17-26/h8-11,19,22,29H,7,12-18H2,1-4H3,(H,24,28). The SMILES string of the molecule is CC#CCOc1ccc(S(=O)(=O)N(CCCN2CCN(C)CC2)C(C(=O)NO)C(C)C)cc1. The quantitative estimate of drug-likeness (QED) is 0.279. The summed E-state index contributed by atoms with van der Waals surface area (Å²) in [7, 11) is -1.92. The van der Waals surface area contributed by atoms with Crippen LogP contribution in [0.4, 0.5) is 0 Å². The normalized spacial score (nSPS) is 16.3. The van der Waals surface area contributed by atoms with Crippen LogP contribution in [0.15, 0.2) is 29.2 Å². The third kappa shape index (κ3) is 7.69. The van der Waals surface area contributed by atoms with Gasteiger partial charge in [-0.2, -0.15) is 4.31 Å². The van der Waals surface area contributed by atoms with Gasteiger partial charge in [-0.15, -0.1) is 5.92 Å². The first-order valence-electron chi connectivity index (χ1n) is 11.2. The Bertz CT molecular complexity index is 916. The number of carbonyl (C=O) groups excluding carboxylic acids is 1. The van der Waals surface area contributed by atoms with Crippen molar-refractivity contribution < 1.29 is 23.2 Å². The van der Waals surface area contributed by atoms with E-state index in [2.05, 4.69) is 28.7 Å². The smallest absolute Gasteiger partial charge is 0.262 e. The molecule has 33 heavy (non-hydrogen) atoms. The zero-order chi connectivity index (χ0) is 24.4. The minimum Gasteiger partial charge on any atom is -0.481 e. The summed E-state index contributed by atoms with van der Waals surface area (Å²) in [5.74, 6) is 4.94. The van der Waals surface area contributed by atoms with Crippen molar-refractivity contribution in [2.45, 2.75) is 38.1 Å². The second-order valence-electron chi connectivity index (χ2n) is 8.47. The number of hydrogen-bond acceptors (Lipinski definition) is 7. The Kier molecular flexibility index (Phi) is 10.6. The van der Waals surface area contributed by atoms with Gasteiger partial charge in [0.25, 0.3) is 5.91 Å². The lowest BCUT2D eigenvalue weighted by molar-refractivity contribution is -0.134. The predicted octanol–water partition coefficient (Wildman–Crippen LogP) is 1.25. The van der Waals surface area contributed by atoms with E-state index in [1.54, 1.807) is 38.4 Å². The molecular weight excluding hydrogens is 444 g/mol. The van der Waals surface area contributed by atoms with E-state index in [4.69, 9.17) is 4.74 Å². The van der Waals surface area contributed by atoms with E-state index in [1.165, 1.54) is 16.4 Å². The number of nitrogens with one attached hydrogen (secondary N) is 1. The number of likely N-dealkylation sites (N-methyl/N-ethyl adjacent to an activating group) is 1. The maximum Gasteiger partial charge on any atom is 0.262 e. The van der Waals surface area contributed by atoms with Gasteiger partial charge in [-0.1, -0.05) is 19.8 Å². The Morgan fingerprint density at radius 2 is 1.85 bits per heavy atom. The van der Waals surface area contributed by atoms with Gasteiger partial charge in [-0.25, -0.2) is 13.9 Å². The van der Waals surface area contributed by atoms with Gasteiger partial charge in [0.05, 0.1) is 4.90 Å². The number of hydroxylamine groups is 1. The van der Waals surface area contributed by atoms with E-state index in [-0.39, 0.29) is 24.0 Å². The minimum absolute atomic E-state index is 0.0624. The van der Waals surface area contributed by atoms with E-state index in [0.29, 0.717) is 12.2 Å². The van der Waals surface area contributed by atoms with Crippen LogP contribution >= 0.6 is 0 Å². The molecule has 10 heteroatoms. The Hall–Kier alpha value is -2.16. The van der Waals surface area contributed by atoms with Crippen molar-refractivity contribution in [3.8, 4) is 17.6 Å². The fraction of sp³-hybridized carbons (Fsp3) is 0.609. The van der Waals surface area contributed by atoms with Crippen molar-refractivity contribution in [1.82, 2.24) is 19.6 Å². The first-order valence-corrected chi connectivity index (χ1v) is 12.6. The zero-order valence-corrected chi connectivity index (χ0v) is 20.8. The molecule has 1 fully saturated rings. The lowest BCUT2D eigenvalue weighted by atomic mass is 10.0. The van der Waals surface area contributed by atoms with E-state index in [1.807, 2.05) is 0 Å². The molecule has 1 atom stereocenters. The number of piperazine rings is 1. The van der Waals surface area contributed by atoms with Crippen LogP contribution in [0.5, 0.6) is 5.75 Å². The first kappa shape index (κ1) is 27.1. The van der Waals surface area contributed by atoms with Gasteiger partial charge in [-0.3, -0.25) is 10.0 Å². The molecule has 1 aliphatic heterocycles. The summed E-state index contributed by atoms with van der Waals surface area (Å²) in [5, 5.41) is 9.27. The molecule has 1 amide bonds. The number of sulfonamides is 1. The summed E-state index contributed by atoms with van der Waals surface area (Å²) < 4.78 is 33.8. The molecule has 9 nitrogen and oxygen atoms in total. The van der Waals surface area contributed by atoms with Crippen molar-refractivity contribution in [2.24, 2.45) is 5.92 Å². The second-order valence-corrected chi connectivity index (χ2v) is 10.4.